The van der Waals surface area contributed by atoms with Crippen LogP contribution in [0.5, 0.6) is 11.5 Å². The zero-order chi connectivity index (χ0) is 21.7. The monoisotopic (exact) mass is 407 g/mol. The van der Waals surface area contributed by atoms with Crippen LogP contribution in [0.2, 0.25) is 0 Å². The van der Waals surface area contributed by atoms with Crippen molar-refractivity contribution >= 4 is 23.4 Å². The van der Waals surface area contributed by atoms with E-state index in [2.05, 4.69) is 61.3 Å². The van der Waals surface area contributed by atoms with Gasteiger partial charge in [-0.25, -0.2) is 5.43 Å². The van der Waals surface area contributed by atoms with Crippen molar-refractivity contribution in [2.45, 2.75) is 33.2 Å². The van der Waals surface area contributed by atoms with Gasteiger partial charge in [0, 0.05) is 17.8 Å². The van der Waals surface area contributed by atoms with Crippen molar-refractivity contribution in [1.29, 1.82) is 0 Å². The van der Waals surface area contributed by atoms with Gasteiger partial charge in [-0.3, -0.25) is 4.79 Å². The van der Waals surface area contributed by atoms with Gasteiger partial charge in [-0.05, 0) is 63.1 Å². The summed E-state index contributed by atoms with van der Waals surface area (Å²) in [6.45, 7) is 9.52. The molecular weight excluding hydrogens is 378 g/mol. The quantitative estimate of drug-likeness (QED) is 0.551. The van der Waals surface area contributed by atoms with Crippen LogP contribution in [0, 0.1) is 0 Å². The predicted octanol–water partition coefficient (Wildman–Crippen LogP) is 4.25. The Bertz CT molecular complexity index is 979. The van der Waals surface area contributed by atoms with Crippen LogP contribution in [-0.4, -0.2) is 37.9 Å². The summed E-state index contributed by atoms with van der Waals surface area (Å²) in [6.07, 6.45) is 3.93. The van der Waals surface area contributed by atoms with E-state index in [0.29, 0.717) is 11.5 Å². The molecule has 3 rings (SSSR count). The van der Waals surface area contributed by atoms with E-state index in [1.54, 1.807) is 25.5 Å². The minimum absolute atomic E-state index is 0.0170. The Hall–Kier alpha value is -3.28. The Morgan fingerprint density at radius 3 is 2.63 bits per heavy atom. The number of nitrogens with zero attached hydrogens (tertiary/aromatic N) is 2. The first kappa shape index (κ1) is 21.4. The number of likely N-dealkylation sites (N-methyl/N-ethyl adjacent to an activating group) is 1. The van der Waals surface area contributed by atoms with Crippen molar-refractivity contribution in [2.75, 3.05) is 25.2 Å². The number of nitrogens with one attached hydrogen (secondary N) is 1. The lowest BCUT2D eigenvalue weighted by atomic mass is 9.88. The van der Waals surface area contributed by atoms with Gasteiger partial charge in [-0.1, -0.05) is 24.3 Å². The molecule has 30 heavy (non-hydrogen) atoms. The van der Waals surface area contributed by atoms with E-state index in [0.717, 1.165) is 12.1 Å². The highest BCUT2D eigenvalue weighted by atomic mass is 16.5. The molecule has 0 spiro atoms. The Kier molecular flexibility index (Phi) is 6.45. The number of methoxy groups -OCH3 is 1. The summed E-state index contributed by atoms with van der Waals surface area (Å²) in [5.74, 6) is 0.750. The number of hydrazone groups is 1. The molecule has 6 nitrogen and oxygen atoms in total. The second kappa shape index (κ2) is 9.03. The molecule has 158 valence electrons. The van der Waals surface area contributed by atoms with Crippen molar-refractivity contribution in [2.24, 2.45) is 5.10 Å². The highest BCUT2D eigenvalue weighted by molar-refractivity contribution is 5.88. The summed E-state index contributed by atoms with van der Waals surface area (Å²) >= 11 is 0. The Morgan fingerprint density at radius 2 is 1.93 bits per heavy atom. The number of carbonyl (C=O) groups excluding carboxylic acids is 1. The Morgan fingerprint density at radius 1 is 1.20 bits per heavy atom. The fourth-order valence-electron chi connectivity index (χ4n) is 3.85. The lowest BCUT2D eigenvalue weighted by molar-refractivity contribution is -0.123. The fraction of sp³-hybridized carbons (Fsp3) is 0.333. The van der Waals surface area contributed by atoms with Crippen molar-refractivity contribution < 1.29 is 14.3 Å². The summed E-state index contributed by atoms with van der Waals surface area (Å²) in [6, 6.07) is 13.4. The van der Waals surface area contributed by atoms with Crippen molar-refractivity contribution in [3.63, 3.8) is 0 Å². The normalized spacial score (nSPS) is 14.8. The molecular formula is C24H29N3O3. The van der Waals surface area contributed by atoms with Gasteiger partial charge in [0.2, 0.25) is 0 Å². The summed E-state index contributed by atoms with van der Waals surface area (Å²) in [4.78, 5) is 14.4. The van der Waals surface area contributed by atoms with Crippen LogP contribution in [0.4, 0.5) is 5.69 Å². The van der Waals surface area contributed by atoms with Crippen LogP contribution in [0.1, 0.15) is 38.8 Å². The summed E-state index contributed by atoms with van der Waals surface area (Å²) in [7, 11) is 1.56. The third-order valence-corrected chi connectivity index (χ3v) is 5.15. The van der Waals surface area contributed by atoms with Gasteiger partial charge in [0.15, 0.2) is 18.1 Å². The molecule has 2 aromatic rings. The smallest absolute Gasteiger partial charge is 0.277 e. The van der Waals surface area contributed by atoms with Gasteiger partial charge in [-0.2, -0.15) is 5.10 Å². The predicted molar refractivity (Wildman–Crippen MR) is 121 cm³/mol. The number of benzene rings is 2. The molecule has 0 unspecified atom stereocenters. The lowest BCUT2D eigenvalue weighted by Gasteiger charge is -2.42. The summed E-state index contributed by atoms with van der Waals surface area (Å²) in [5, 5.41) is 4.07. The van der Waals surface area contributed by atoms with E-state index in [4.69, 9.17) is 9.47 Å². The van der Waals surface area contributed by atoms with Gasteiger partial charge < -0.3 is 14.4 Å². The zero-order valence-corrected chi connectivity index (χ0v) is 18.2. The maximum absolute atomic E-state index is 12.0. The maximum atomic E-state index is 12.0. The SMILES string of the molecule is CCN1c2ccc(/C=N\NC(=O)COc3ccccc3OC)cc2C(C)=CC1(C)C. The maximum Gasteiger partial charge on any atom is 0.277 e. The highest BCUT2D eigenvalue weighted by Gasteiger charge is 2.29. The zero-order valence-electron chi connectivity index (χ0n) is 18.2. The molecule has 1 amide bonds. The van der Waals surface area contributed by atoms with Crippen LogP contribution in [-0.2, 0) is 4.79 Å². The number of ether oxygens (including phenoxy) is 2. The van der Waals surface area contributed by atoms with Crippen LogP contribution < -0.4 is 19.8 Å². The number of anilines is 1. The van der Waals surface area contributed by atoms with Crippen molar-refractivity contribution in [3.05, 3.63) is 59.7 Å². The molecule has 1 heterocycles. The second-order valence-corrected chi connectivity index (χ2v) is 7.73. The number of amides is 1. The van der Waals surface area contributed by atoms with Gasteiger partial charge in [0.05, 0.1) is 18.9 Å². The third kappa shape index (κ3) is 4.64. The molecule has 0 aromatic heterocycles. The molecule has 0 aliphatic carbocycles. The standard InChI is InChI=1S/C24H29N3O3/c1-6-27-20-12-11-18(13-19(20)17(2)14-24(27,3)4)15-25-26-23(28)16-30-22-10-8-7-9-21(22)29-5/h7-15H,6,16H2,1-5H3,(H,26,28)/b25-15-. The Balaban J connectivity index is 1.63. The third-order valence-electron chi connectivity index (χ3n) is 5.15. The molecule has 0 saturated carbocycles. The number of hydrogen-bond donors (Lipinski definition) is 1. The number of allylic oxidation sites excluding steroid dienone is 1. The van der Waals surface area contributed by atoms with E-state index in [1.165, 1.54) is 16.8 Å². The molecule has 1 N–H and O–H groups in total. The molecule has 1 aliphatic heterocycles. The average molecular weight is 408 g/mol. The molecule has 0 bridgehead atoms. The second-order valence-electron chi connectivity index (χ2n) is 7.73. The largest absolute Gasteiger partial charge is 0.493 e. The summed E-state index contributed by atoms with van der Waals surface area (Å²) < 4.78 is 10.7. The molecule has 6 heteroatoms. The minimum Gasteiger partial charge on any atom is -0.493 e. The number of rotatable bonds is 7. The molecule has 0 fully saturated rings. The first-order valence-electron chi connectivity index (χ1n) is 10.0. The molecule has 1 aliphatic rings. The topological polar surface area (TPSA) is 63.2 Å². The number of fused-ring (bicyclic) bond motifs is 1. The van der Waals surface area contributed by atoms with Gasteiger partial charge in [-0.15, -0.1) is 0 Å². The first-order valence-corrected chi connectivity index (χ1v) is 10.0. The fourth-order valence-corrected chi connectivity index (χ4v) is 3.85. The summed E-state index contributed by atoms with van der Waals surface area (Å²) in [5.41, 5.74) is 7.05. The van der Waals surface area contributed by atoms with E-state index < -0.39 is 0 Å². The number of para-hydroxylation sites is 2. The van der Waals surface area contributed by atoms with Crippen LogP contribution in [0.3, 0.4) is 0 Å². The lowest BCUT2D eigenvalue weighted by Crippen LogP contribution is -2.44. The molecule has 0 saturated heterocycles. The van der Waals surface area contributed by atoms with Crippen molar-refractivity contribution in [1.82, 2.24) is 5.43 Å². The number of hydrogen-bond acceptors (Lipinski definition) is 5. The van der Waals surface area contributed by atoms with Crippen LogP contribution >= 0.6 is 0 Å². The first-order chi connectivity index (χ1) is 14.4. The van der Waals surface area contributed by atoms with E-state index in [1.807, 2.05) is 18.2 Å². The van der Waals surface area contributed by atoms with E-state index in [9.17, 15) is 4.79 Å². The highest BCUT2D eigenvalue weighted by Crippen LogP contribution is 2.38. The minimum atomic E-state index is -0.342. The number of carbonyl (C=O) groups is 1. The average Bonchev–Trinajstić information content (AvgIpc) is 2.72. The van der Waals surface area contributed by atoms with Crippen LogP contribution in [0.25, 0.3) is 5.57 Å². The molecule has 0 radical (unpaired) electrons. The molecule has 2 aromatic carbocycles. The van der Waals surface area contributed by atoms with E-state index in [-0.39, 0.29) is 18.1 Å². The van der Waals surface area contributed by atoms with Gasteiger partial charge in [0.25, 0.3) is 5.91 Å². The molecule has 0 atom stereocenters. The van der Waals surface area contributed by atoms with Gasteiger partial charge in [0.1, 0.15) is 0 Å². The van der Waals surface area contributed by atoms with Crippen LogP contribution in [0.15, 0.2) is 53.6 Å². The Labute approximate surface area is 178 Å². The van der Waals surface area contributed by atoms with Gasteiger partial charge >= 0.3 is 0 Å². The van der Waals surface area contributed by atoms with E-state index >= 15 is 0 Å². The van der Waals surface area contributed by atoms with Crippen molar-refractivity contribution in [3.8, 4) is 11.5 Å².